The van der Waals surface area contributed by atoms with Crippen LogP contribution in [0.1, 0.15) is 37.3 Å². The SMILES string of the molecule is c1ccc2c(C3CCCCCN3)cncc2c1. The standard InChI is InChI=1S/C15H18N2/c1-2-8-15(17-9-5-1)14-11-16-10-12-6-3-4-7-13(12)14/h3-4,6-7,10-11,15,17H,1-2,5,8-9H2. The van der Waals surface area contributed by atoms with Crippen LogP contribution in [0.25, 0.3) is 10.8 Å². The summed E-state index contributed by atoms with van der Waals surface area (Å²) in [4.78, 5) is 4.38. The van der Waals surface area contributed by atoms with Crippen molar-refractivity contribution in [1.82, 2.24) is 10.3 Å². The van der Waals surface area contributed by atoms with Crippen LogP contribution in [0.2, 0.25) is 0 Å². The lowest BCUT2D eigenvalue weighted by Gasteiger charge is -2.17. The first-order valence-corrected chi connectivity index (χ1v) is 6.51. The third-order valence-corrected chi connectivity index (χ3v) is 3.63. The average Bonchev–Trinajstić information content (AvgIpc) is 2.67. The first-order valence-electron chi connectivity index (χ1n) is 6.51. The molecule has 1 fully saturated rings. The number of aromatic nitrogens is 1. The summed E-state index contributed by atoms with van der Waals surface area (Å²) >= 11 is 0. The van der Waals surface area contributed by atoms with E-state index in [4.69, 9.17) is 0 Å². The predicted octanol–water partition coefficient (Wildman–Crippen LogP) is 3.44. The van der Waals surface area contributed by atoms with Crippen LogP contribution in [-0.2, 0) is 0 Å². The van der Waals surface area contributed by atoms with Gasteiger partial charge in [-0.15, -0.1) is 0 Å². The highest BCUT2D eigenvalue weighted by Crippen LogP contribution is 2.28. The summed E-state index contributed by atoms with van der Waals surface area (Å²) in [6, 6.07) is 9.02. The van der Waals surface area contributed by atoms with Crippen LogP contribution in [0.3, 0.4) is 0 Å². The highest BCUT2D eigenvalue weighted by Gasteiger charge is 2.15. The third-order valence-electron chi connectivity index (χ3n) is 3.63. The van der Waals surface area contributed by atoms with E-state index in [2.05, 4.69) is 34.6 Å². The maximum Gasteiger partial charge on any atom is 0.0346 e. The van der Waals surface area contributed by atoms with E-state index in [0.29, 0.717) is 6.04 Å². The van der Waals surface area contributed by atoms with Crippen molar-refractivity contribution in [1.29, 1.82) is 0 Å². The number of fused-ring (bicyclic) bond motifs is 1. The van der Waals surface area contributed by atoms with Gasteiger partial charge in [0.25, 0.3) is 0 Å². The number of nitrogens with one attached hydrogen (secondary N) is 1. The number of pyridine rings is 1. The lowest BCUT2D eigenvalue weighted by molar-refractivity contribution is 0.537. The van der Waals surface area contributed by atoms with Crippen LogP contribution in [0, 0.1) is 0 Å². The molecule has 1 unspecified atom stereocenters. The molecule has 88 valence electrons. The minimum absolute atomic E-state index is 0.482. The Kier molecular flexibility index (Phi) is 3.06. The first-order chi connectivity index (χ1) is 8.45. The van der Waals surface area contributed by atoms with E-state index in [9.17, 15) is 0 Å². The van der Waals surface area contributed by atoms with Gasteiger partial charge in [-0.1, -0.05) is 37.1 Å². The molecule has 1 saturated heterocycles. The Morgan fingerprint density at radius 2 is 2.00 bits per heavy atom. The highest BCUT2D eigenvalue weighted by molar-refractivity contribution is 5.85. The van der Waals surface area contributed by atoms with Gasteiger partial charge in [-0.05, 0) is 30.3 Å². The predicted molar refractivity (Wildman–Crippen MR) is 71.0 cm³/mol. The summed E-state index contributed by atoms with van der Waals surface area (Å²) in [6.45, 7) is 1.13. The van der Waals surface area contributed by atoms with Crippen LogP contribution < -0.4 is 5.32 Å². The van der Waals surface area contributed by atoms with Gasteiger partial charge in [-0.2, -0.15) is 0 Å². The molecule has 0 bridgehead atoms. The van der Waals surface area contributed by atoms with E-state index in [1.165, 1.54) is 42.0 Å². The molecule has 2 nitrogen and oxygen atoms in total. The molecule has 0 amide bonds. The topological polar surface area (TPSA) is 24.9 Å². The van der Waals surface area contributed by atoms with Crippen LogP contribution in [0.15, 0.2) is 36.7 Å². The van der Waals surface area contributed by atoms with E-state index in [-0.39, 0.29) is 0 Å². The van der Waals surface area contributed by atoms with Gasteiger partial charge in [0, 0.05) is 23.8 Å². The molecular weight excluding hydrogens is 208 g/mol. The fourth-order valence-electron chi connectivity index (χ4n) is 2.71. The minimum Gasteiger partial charge on any atom is -0.310 e. The van der Waals surface area contributed by atoms with Crippen molar-refractivity contribution >= 4 is 10.8 Å². The largest absolute Gasteiger partial charge is 0.310 e. The number of benzene rings is 1. The molecule has 3 rings (SSSR count). The van der Waals surface area contributed by atoms with Gasteiger partial charge >= 0.3 is 0 Å². The summed E-state index contributed by atoms with van der Waals surface area (Å²) in [5, 5.41) is 6.25. The van der Waals surface area contributed by atoms with Gasteiger partial charge in [0.05, 0.1) is 0 Å². The molecule has 17 heavy (non-hydrogen) atoms. The normalized spacial score (nSPS) is 21.3. The van der Waals surface area contributed by atoms with E-state index in [0.717, 1.165) is 6.54 Å². The fraction of sp³-hybridized carbons (Fsp3) is 0.400. The van der Waals surface area contributed by atoms with Crippen molar-refractivity contribution in [2.24, 2.45) is 0 Å². The van der Waals surface area contributed by atoms with E-state index >= 15 is 0 Å². The van der Waals surface area contributed by atoms with Crippen molar-refractivity contribution in [3.05, 3.63) is 42.2 Å². The maximum atomic E-state index is 4.38. The first kappa shape index (κ1) is 10.7. The van der Waals surface area contributed by atoms with Gasteiger partial charge in [0.15, 0.2) is 0 Å². The second-order valence-electron chi connectivity index (χ2n) is 4.81. The van der Waals surface area contributed by atoms with Crippen molar-refractivity contribution in [3.63, 3.8) is 0 Å². The zero-order valence-electron chi connectivity index (χ0n) is 10.0. The number of hydrogen-bond acceptors (Lipinski definition) is 2. The Morgan fingerprint density at radius 3 is 3.00 bits per heavy atom. The minimum atomic E-state index is 0.482. The zero-order valence-corrected chi connectivity index (χ0v) is 10.0. The summed E-state index contributed by atoms with van der Waals surface area (Å²) in [7, 11) is 0. The molecule has 0 saturated carbocycles. The molecule has 1 aliphatic rings. The summed E-state index contributed by atoms with van der Waals surface area (Å²) in [5.41, 5.74) is 1.37. The highest BCUT2D eigenvalue weighted by atomic mass is 14.9. The molecule has 2 heteroatoms. The Balaban J connectivity index is 2.03. The fourth-order valence-corrected chi connectivity index (χ4v) is 2.71. The Hall–Kier alpha value is -1.41. The van der Waals surface area contributed by atoms with Gasteiger partial charge in [0.1, 0.15) is 0 Å². The average molecular weight is 226 g/mol. The van der Waals surface area contributed by atoms with Gasteiger partial charge in [0.2, 0.25) is 0 Å². The Bertz CT molecular complexity index is 494. The van der Waals surface area contributed by atoms with Crippen molar-refractivity contribution < 1.29 is 0 Å². The lowest BCUT2D eigenvalue weighted by atomic mass is 9.98. The van der Waals surface area contributed by atoms with Crippen LogP contribution in [0.5, 0.6) is 0 Å². The molecule has 1 N–H and O–H groups in total. The Morgan fingerprint density at radius 1 is 1.06 bits per heavy atom. The monoisotopic (exact) mass is 226 g/mol. The van der Waals surface area contributed by atoms with Crippen molar-refractivity contribution in [2.45, 2.75) is 31.7 Å². The molecule has 1 aromatic carbocycles. The van der Waals surface area contributed by atoms with Gasteiger partial charge in [-0.3, -0.25) is 4.98 Å². The third kappa shape index (κ3) is 2.18. The lowest BCUT2D eigenvalue weighted by Crippen LogP contribution is -2.20. The number of rotatable bonds is 1. The number of nitrogens with zero attached hydrogens (tertiary/aromatic N) is 1. The van der Waals surface area contributed by atoms with E-state index in [1.807, 2.05) is 12.4 Å². The van der Waals surface area contributed by atoms with Crippen molar-refractivity contribution in [3.8, 4) is 0 Å². The maximum absolute atomic E-state index is 4.38. The molecule has 1 aliphatic heterocycles. The van der Waals surface area contributed by atoms with Gasteiger partial charge in [-0.25, -0.2) is 0 Å². The summed E-state index contributed by atoms with van der Waals surface area (Å²) in [6.07, 6.45) is 9.19. The summed E-state index contributed by atoms with van der Waals surface area (Å²) < 4.78 is 0. The molecule has 1 aromatic heterocycles. The van der Waals surface area contributed by atoms with E-state index in [1.54, 1.807) is 0 Å². The molecule has 0 radical (unpaired) electrons. The second-order valence-corrected chi connectivity index (χ2v) is 4.81. The molecule has 2 aromatic rings. The van der Waals surface area contributed by atoms with Crippen molar-refractivity contribution in [2.75, 3.05) is 6.54 Å². The molecular formula is C15H18N2. The van der Waals surface area contributed by atoms with Gasteiger partial charge < -0.3 is 5.32 Å². The van der Waals surface area contributed by atoms with Crippen LogP contribution >= 0.6 is 0 Å². The summed E-state index contributed by atoms with van der Waals surface area (Å²) in [5.74, 6) is 0. The molecule has 1 atom stereocenters. The number of hydrogen-bond donors (Lipinski definition) is 1. The zero-order chi connectivity index (χ0) is 11.5. The Labute approximate surface area is 102 Å². The molecule has 0 aliphatic carbocycles. The van der Waals surface area contributed by atoms with Crippen LogP contribution in [-0.4, -0.2) is 11.5 Å². The molecule has 0 spiro atoms. The smallest absolute Gasteiger partial charge is 0.0346 e. The quantitative estimate of drug-likeness (QED) is 0.805. The van der Waals surface area contributed by atoms with Crippen LogP contribution in [0.4, 0.5) is 0 Å². The second kappa shape index (κ2) is 4.84. The van der Waals surface area contributed by atoms with E-state index < -0.39 is 0 Å². The molecule has 2 heterocycles.